The molecule has 13 nitrogen and oxygen atoms in total. The number of sulfonamides is 1. The van der Waals surface area contributed by atoms with Gasteiger partial charge in [0.2, 0.25) is 34.1 Å². The van der Waals surface area contributed by atoms with Gasteiger partial charge >= 0.3 is 5.97 Å². The number of fused-ring (bicyclic) bond motifs is 7. The van der Waals surface area contributed by atoms with Crippen LogP contribution in [0, 0.1) is 46.3 Å². The number of Topliss-reactive ketones (excluding diaryl/α,β-unsaturated/α-hetero) is 1. The molecule has 10 atom stereocenters. The number of hydrogen-bond acceptors (Lipinski definition) is 11. The number of allylic oxidation sites excluding steroid dienone is 1. The largest absolute Gasteiger partial charge is 0.497 e. The van der Waals surface area contributed by atoms with Crippen molar-refractivity contribution in [2.75, 3.05) is 13.7 Å². The number of ether oxygens (including phenoxy) is 3. The third kappa shape index (κ3) is 8.50. The molecule has 0 radical (unpaired) electrons. The molecule has 5 fully saturated rings. The number of ketones is 1. The van der Waals surface area contributed by atoms with Crippen LogP contribution >= 0.6 is 0 Å². The first-order valence-corrected chi connectivity index (χ1v) is 22.5. The SMILES string of the molecule is C.COc1ccc2nc3c(nc2c1)O[C@H]1CN(C(=O)[C@H](C(C)(C)C)CC(=O)O[C@@H]2C[C@@H]4C[C@@H]4[C@H]2CCC/C=C/3)[C@H](C(=O)C[C@]2(C(=O)NS(=O)(=O)C3CC3)C[C@H]2C(F)F)[C@@H]1C. The molecule has 2 aliphatic heterocycles. The number of nitrogens with one attached hydrogen (secondary N) is 1. The van der Waals surface area contributed by atoms with Crippen LogP contribution in [0.4, 0.5) is 8.78 Å². The van der Waals surface area contributed by atoms with Gasteiger partial charge in [-0.05, 0) is 92.7 Å². The van der Waals surface area contributed by atoms with Gasteiger partial charge in [-0.1, -0.05) is 41.2 Å². The predicted octanol–water partition coefficient (Wildman–Crippen LogP) is 6.53. The van der Waals surface area contributed by atoms with Crippen molar-refractivity contribution in [3.63, 3.8) is 0 Å². The van der Waals surface area contributed by atoms with Crippen LogP contribution in [0.15, 0.2) is 24.3 Å². The van der Waals surface area contributed by atoms with Gasteiger partial charge in [0.05, 0.1) is 53.7 Å². The maximum absolute atomic E-state index is 15.0. The summed E-state index contributed by atoms with van der Waals surface area (Å²) in [5.74, 6) is -4.08. The highest BCUT2D eigenvalue weighted by Gasteiger charge is 2.66. The standard InChI is InChI=1S/C43H54F2N4O9S.CH4/c1-22-35-21-49(37(22)33(50)20-43(19-29(43)38(44)45)41(53)48-59(54,55)25-12-13-25)40(52)28(42(2,3)4)18-36(51)57-34-16-23-15-27(23)26(34)9-7-6-8-10-31-39(58-35)47-32-17-24(56-5)11-14-30(32)46-31;/h8,10-11,14,17,22-23,25-29,34-35,37-38H,6-7,9,12-13,15-16,18-21H2,1-5H3,(H,48,53);1H4/b10-8+;/t22-,23+,26-,27+,28-,29+,34-,35+,37+,43-;/m1./s1. The van der Waals surface area contributed by atoms with E-state index >= 15 is 0 Å². The van der Waals surface area contributed by atoms with Crippen LogP contribution in [0.25, 0.3) is 17.1 Å². The van der Waals surface area contributed by atoms with E-state index in [1.54, 1.807) is 25.1 Å². The minimum atomic E-state index is -4.10. The third-order valence-corrected chi connectivity index (χ3v) is 15.7. The number of esters is 1. The Labute approximate surface area is 350 Å². The lowest BCUT2D eigenvalue weighted by Gasteiger charge is -2.35. The van der Waals surface area contributed by atoms with Crippen LogP contribution < -0.4 is 14.2 Å². The number of halogens is 2. The normalized spacial score (nSPS) is 33.5. The van der Waals surface area contributed by atoms with Crippen molar-refractivity contribution < 1.29 is 50.6 Å². The molecule has 4 aliphatic carbocycles. The fourth-order valence-electron chi connectivity index (χ4n) is 9.98. The number of amides is 2. The molecule has 6 aliphatic rings. The average molecular weight is 857 g/mol. The number of methoxy groups -OCH3 is 1. The number of hydrogen-bond donors (Lipinski definition) is 1. The summed E-state index contributed by atoms with van der Waals surface area (Å²) in [7, 11) is -2.56. The number of alkyl halides is 2. The predicted molar refractivity (Wildman–Crippen MR) is 218 cm³/mol. The van der Waals surface area contributed by atoms with Crippen LogP contribution in [0.3, 0.4) is 0 Å². The molecule has 16 heteroatoms. The molecule has 8 rings (SSSR count). The first kappa shape index (κ1) is 43.9. The Morgan fingerprint density at radius 1 is 1.05 bits per heavy atom. The molecule has 0 unspecified atom stereocenters. The lowest BCUT2D eigenvalue weighted by Crippen LogP contribution is -2.50. The molecule has 1 N–H and O–H groups in total. The van der Waals surface area contributed by atoms with E-state index in [4.69, 9.17) is 24.2 Å². The Kier molecular flexibility index (Phi) is 11.9. The minimum absolute atomic E-state index is 0. The molecule has 2 amide bonds. The van der Waals surface area contributed by atoms with E-state index < -0.39 is 92.4 Å². The summed E-state index contributed by atoms with van der Waals surface area (Å²) in [6.07, 6.45) is 3.53. The van der Waals surface area contributed by atoms with Crippen molar-refractivity contribution in [3.8, 4) is 11.6 Å². The molecular formula is C44H58F2N4O9S. The molecule has 0 spiro atoms. The van der Waals surface area contributed by atoms with E-state index in [0.717, 1.165) is 32.1 Å². The molecular weight excluding hydrogens is 799 g/mol. The number of nitrogens with zero attached hydrogens (tertiary/aromatic N) is 3. The second-order valence-corrected chi connectivity index (χ2v) is 20.8. The number of aromatic nitrogens is 2. The smallest absolute Gasteiger partial charge is 0.306 e. The maximum atomic E-state index is 15.0. The van der Waals surface area contributed by atoms with Gasteiger partial charge in [0.1, 0.15) is 23.7 Å². The summed E-state index contributed by atoms with van der Waals surface area (Å²) in [5, 5.41) is -0.785. The highest BCUT2D eigenvalue weighted by molar-refractivity contribution is 7.90. The van der Waals surface area contributed by atoms with Gasteiger partial charge < -0.3 is 19.1 Å². The second-order valence-electron chi connectivity index (χ2n) is 18.9. The van der Waals surface area contributed by atoms with E-state index in [0.29, 0.717) is 47.2 Å². The fraction of sp³-hybridized carbons (Fsp3) is 0.682. The zero-order chi connectivity index (χ0) is 42.2. The molecule has 1 aromatic carbocycles. The van der Waals surface area contributed by atoms with Gasteiger partial charge in [0, 0.05) is 24.3 Å². The summed E-state index contributed by atoms with van der Waals surface area (Å²) < 4.78 is 74.5. The number of benzene rings is 1. The van der Waals surface area contributed by atoms with Crippen LogP contribution in [0.1, 0.15) is 105 Å². The molecule has 1 saturated heterocycles. The molecule has 2 bridgehead atoms. The Morgan fingerprint density at radius 2 is 1.80 bits per heavy atom. The van der Waals surface area contributed by atoms with E-state index in [-0.39, 0.29) is 44.7 Å². The summed E-state index contributed by atoms with van der Waals surface area (Å²) in [6, 6.07) is 4.03. The lowest BCUT2D eigenvalue weighted by molar-refractivity contribution is -0.158. The average Bonchev–Trinajstić information content (AvgIpc) is 4.09. The fourth-order valence-corrected chi connectivity index (χ4v) is 11.4. The third-order valence-electron chi connectivity index (χ3n) is 13.8. The van der Waals surface area contributed by atoms with Gasteiger partial charge in [-0.3, -0.25) is 23.9 Å². The number of carbonyl (C=O) groups is 4. The highest BCUT2D eigenvalue weighted by atomic mass is 32.2. The first-order valence-electron chi connectivity index (χ1n) is 21.0. The van der Waals surface area contributed by atoms with Gasteiger partial charge in [-0.25, -0.2) is 27.2 Å². The summed E-state index contributed by atoms with van der Waals surface area (Å²) in [5.41, 5.74) is -1.22. The zero-order valence-corrected chi connectivity index (χ0v) is 35.0. The molecule has 3 heterocycles. The summed E-state index contributed by atoms with van der Waals surface area (Å²) in [4.78, 5) is 68.1. The van der Waals surface area contributed by atoms with Crippen molar-refractivity contribution in [2.45, 2.75) is 129 Å². The van der Waals surface area contributed by atoms with E-state index in [1.807, 2.05) is 37.6 Å². The number of carbonyl (C=O) groups excluding carboxylic acids is 4. The Balaban J connectivity index is 0.00000544. The van der Waals surface area contributed by atoms with Crippen molar-refractivity contribution in [2.24, 2.45) is 46.3 Å². The molecule has 60 heavy (non-hydrogen) atoms. The molecule has 4 saturated carbocycles. The molecule has 2 aromatic rings. The maximum Gasteiger partial charge on any atom is 0.306 e. The second kappa shape index (κ2) is 16.2. The molecule has 328 valence electrons. The van der Waals surface area contributed by atoms with Crippen molar-refractivity contribution >= 4 is 50.7 Å². The van der Waals surface area contributed by atoms with E-state index in [2.05, 4.69) is 0 Å². The van der Waals surface area contributed by atoms with Gasteiger partial charge in [-0.2, -0.15) is 0 Å². The summed E-state index contributed by atoms with van der Waals surface area (Å²) >= 11 is 0. The van der Waals surface area contributed by atoms with Crippen LogP contribution in [0.5, 0.6) is 11.6 Å². The van der Waals surface area contributed by atoms with Gasteiger partial charge in [0.15, 0.2) is 5.78 Å². The zero-order valence-electron chi connectivity index (χ0n) is 34.2. The Bertz CT molecular complexity index is 2170. The Hall–Kier alpha value is -4.21. The number of rotatable bonds is 8. The van der Waals surface area contributed by atoms with Crippen molar-refractivity contribution in [3.05, 3.63) is 30.0 Å². The Morgan fingerprint density at radius 3 is 2.47 bits per heavy atom. The highest BCUT2D eigenvalue weighted by Crippen LogP contribution is 2.60. The van der Waals surface area contributed by atoms with Gasteiger partial charge in [-0.15, -0.1) is 0 Å². The van der Waals surface area contributed by atoms with Crippen LogP contribution in [0.2, 0.25) is 0 Å². The van der Waals surface area contributed by atoms with Crippen LogP contribution in [-0.4, -0.2) is 90.4 Å². The van der Waals surface area contributed by atoms with Crippen LogP contribution in [-0.2, 0) is 33.9 Å². The molecule has 1 aromatic heterocycles. The van der Waals surface area contributed by atoms with E-state index in [1.165, 1.54) is 12.0 Å². The van der Waals surface area contributed by atoms with Crippen molar-refractivity contribution in [1.29, 1.82) is 0 Å². The lowest BCUT2D eigenvalue weighted by atomic mass is 9.77. The van der Waals surface area contributed by atoms with E-state index in [9.17, 15) is 36.4 Å². The van der Waals surface area contributed by atoms with Crippen molar-refractivity contribution in [1.82, 2.24) is 19.6 Å². The summed E-state index contributed by atoms with van der Waals surface area (Å²) in [6.45, 7) is 7.09. The van der Waals surface area contributed by atoms with Gasteiger partial charge in [0.25, 0.3) is 0 Å². The minimum Gasteiger partial charge on any atom is -0.497 e. The first-order chi connectivity index (χ1) is 27.9. The quantitative estimate of drug-likeness (QED) is 0.287. The monoisotopic (exact) mass is 856 g/mol. The topological polar surface area (TPSA) is 171 Å².